The summed E-state index contributed by atoms with van der Waals surface area (Å²) in [4.78, 5) is 22.0. The lowest BCUT2D eigenvalue weighted by molar-refractivity contribution is 0.102. The Kier molecular flexibility index (Phi) is 5.29. The summed E-state index contributed by atoms with van der Waals surface area (Å²) in [5.74, 6) is 0.404. The monoisotopic (exact) mass is 381 g/mol. The number of hydrogen-bond acceptors (Lipinski definition) is 4. The number of carbonyl (C=O) groups excluding carboxylic acids is 1. The molecule has 1 amide bonds. The third kappa shape index (κ3) is 4.14. The molecule has 0 atom stereocenters. The van der Waals surface area contributed by atoms with Gasteiger partial charge in [-0.05, 0) is 24.3 Å². The number of amides is 1. The van der Waals surface area contributed by atoms with Crippen LogP contribution in [0.1, 0.15) is 10.5 Å². The van der Waals surface area contributed by atoms with E-state index in [1.165, 1.54) is 6.20 Å². The van der Waals surface area contributed by atoms with Crippen LogP contribution in [-0.4, -0.2) is 23.0 Å². The van der Waals surface area contributed by atoms with Gasteiger partial charge >= 0.3 is 0 Å². The van der Waals surface area contributed by atoms with Gasteiger partial charge in [0.1, 0.15) is 11.4 Å². The van der Waals surface area contributed by atoms with E-state index in [9.17, 15) is 4.79 Å². The molecule has 0 spiro atoms. The van der Waals surface area contributed by atoms with Crippen molar-refractivity contribution in [3.63, 3.8) is 0 Å². The maximum absolute atomic E-state index is 12.8. The van der Waals surface area contributed by atoms with Crippen LogP contribution >= 0.6 is 0 Å². The van der Waals surface area contributed by atoms with Crippen LogP contribution in [0.3, 0.4) is 0 Å². The highest BCUT2D eigenvalue weighted by molar-refractivity contribution is 6.03. The molecule has 0 saturated carbocycles. The molecule has 0 aliphatic rings. The van der Waals surface area contributed by atoms with Crippen molar-refractivity contribution in [1.29, 1.82) is 0 Å². The van der Waals surface area contributed by atoms with Gasteiger partial charge in [-0.15, -0.1) is 0 Å². The summed E-state index contributed by atoms with van der Waals surface area (Å²) in [5.41, 5.74) is 4.15. The molecule has 5 heteroatoms. The summed E-state index contributed by atoms with van der Waals surface area (Å²) in [6.07, 6.45) is 1.51. The van der Waals surface area contributed by atoms with Gasteiger partial charge in [0, 0.05) is 16.8 Å². The average molecular weight is 381 g/mol. The highest BCUT2D eigenvalue weighted by Gasteiger charge is 2.16. The van der Waals surface area contributed by atoms with Crippen LogP contribution in [0.4, 0.5) is 5.69 Å². The van der Waals surface area contributed by atoms with Gasteiger partial charge in [-0.2, -0.15) is 0 Å². The van der Waals surface area contributed by atoms with Crippen molar-refractivity contribution in [2.45, 2.75) is 0 Å². The van der Waals surface area contributed by atoms with E-state index < -0.39 is 0 Å². The molecule has 3 aromatic carbocycles. The van der Waals surface area contributed by atoms with Crippen molar-refractivity contribution in [3.05, 3.63) is 96.8 Å². The SMILES string of the molecule is COc1ccc(NC(=O)c2cnc(-c3ccccc3)c(-c3ccccc3)n2)cc1. The molecule has 1 N–H and O–H groups in total. The van der Waals surface area contributed by atoms with E-state index in [1.54, 1.807) is 31.4 Å². The molecule has 1 heterocycles. The van der Waals surface area contributed by atoms with Crippen LogP contribution in [0.25, 0.3) is 22.5 Å². The Balaban J connectivity index is 1.70. The Morgan fingerprint density at radius 3 is 1.97 bits per heavy atom. The average Bonchev–Trinajstić information content (AvgIpc) is 2.80. The molecular formula is C24H19N3O2. The van der Waals surface area contributed by atoms with E-state index in [4.69, 9.17) is 4.74 Å². The van der Waals surface area contributed by atoms with E-state index in [1.807, 2.05) is 60.7 Å². The van der Waals surface area contributed by atoms with E-state index >= 15 is 0 Å². The Labute approximate surface area is 169 Å². The molecule has 0 fully saturated rings. The Morgan fingerprint density at radius 1 is 0.793 bits per heavy atom. The lowest BCUT2D eigenvalue weighted by Crippen LogP contribution is -2.15. The predicted molar refractivity (Wildman–Crippen MR) is 114 cm³/mol. The topological polar surface area (TPSA) is 64.1 Å². The lowest BCUT2D eigenvalue weighted by atomic mass is 10.0. The van der Waals surface area contributed by atoms with Crippen LogP contribution in [0, 0.1) is 0 Å². The van der Waals surface area contributed by atoms with E-state index in [2.05, 4.69) is 15.3 Å². The first-order valence-corrected chi connectivity index (χ1v) is 9.18. The van der Waals surface area contributed by atoms with Gasteiger partial charge < -0.3 is 10.1 Å². The van der Waals surface area contributed by atoms with Crippen LogP contribution in [-0.2, 0) is 0 Å². The molecule has 0 saturated heterocycles. The summed E-state index contributed by atoms with van der Waals surface area (Å²) in [6.45, 7) is 0. The molecule has 5 nitrogen and oxygen atoms in total. The standard InChI is InChI=1S/C24H19N3O2/c1-29-20-14-12-19(13-15-20)26-24(28)21-16-25-22(17-8-4-2-5-9-17)23(27-21)18-10-6-3-7-11-18/h2-16H,1H3,(H,26,28). The summed E-state index contributed by atoms with van der Waals surface area (Å²) >= 11 is 0. The minimum absolute atomic E-state index is 0.249. The molecule has 0 aliphatic heterocycles. The van der Waals surface area contributed by atoms with Crippen molar-refractivity contribution in [2.24, 2.45) is 0 Å². The van der Waals surface area contributed by atoms with Gasteiger partial charge in [0.2, 0.25) is 0 Å². The van der Waals surface area contributed by atoms with Gasteiger partial charge in [0.05, 0.1) is 24.7 Å². The predicted octanol–water partition coefficient (Wildman–Crippen LogP) is 5.07. The van der Waals surface area contributed by atoms with Crippen LogP contribution < -0.4 is 10.1 Å². The molecule has 4 aromatic rings. The summed E-state index contributed by atoms with van der Waals surface area (Å²) in [6, 6.07) is 26.7. The summed E-state index contributed by atoms with van der Waals surface area (Å²) < 4.78 is 5.14. The number of nitrogens with zero attached hydrogens (tertiary/aromatic N) is 2. The lowest BCUT2D eigenvalue weighted by Gasteiger charge is -2.11. The number of methoxy groups -OCH3 is 1. The van der Waals surface area contributed by atoms with Gasteiger partial charge in [-0.25, -0.2) is 4.98 Å². The van der Waals surface area contributed by atoms with Gasteiger partial charge in [0.25, 0.3) is 5.91 Å². The van der Waals surface area contributed by atoms with Crippen molar-refractivity contribution >= 4 is 11.6 Å². The molecule has 0 unspecified atom stereocenters. The second-order valence-electron chi connectivity index (χ2n) is 6.37. The zero-order valence-electron chi connectivity index (χ0n) is 15.9. The summed E-state index contributed by atoms with van der Waals surface area (Å²) in [5, 5.41) is 2.85. The Hall–Kier alpha value is -3.99. The van der Waals surface area contributed by atoms with E-state index in [0.717, 1.165) is 22.6 Å². The zero-order chi connectivity index (χ0) is 20.1. The maximum atomic E-state index is 12.8. The fraction of sp³-hybridized carbons (Fsp3) is 0.0417. The fourth-order valence-corrected chi connectivity index (χ4v) is 2.97. The number of aromatic nitrogens is 2. The maximum Gasteiger partial charge on any atom is 0.275 e. The largest absolute Gasteiger partial charge is 0.497 e. The first-order valence-electron chi connectivity index (χ1n) is 9.18. The van der Waals surface area contributed by atoms with Gasteiger partial charge in [0.15, 0.2) is 0 Å². The molecule has 142 valence electrons. The minimum atomic E-state index is -0.320. The van der Waals surface area contributed by atoms with Crippen molar-refractivity contribution < 1.29 is 9.53 Å². The van der Waals surface area contributed by atoms with Crippen LogP contribution in [0.2, 0.25) is 0 Å². The number of benzene rings is 3. The molecule has 4 rings (SSSR count). The second-order valence-corrected chi connectivity index (χ2v) is 6.37. The van der Waals surface area contributed by atoms with Crippen LogP contribution in [0.15, 0.2) is 91.1 Å². The van der Waals surface area contributed by atoms with Crippen LogP contribution in [0.5, 0.6) is 5.75 Å². The van der Waals surface area contributed by atoms with Gasteiger partial charge in [-0.1, -0.05) is 60.7 Å². The smallest absolute Gasteiger partial charge is 0.275 e. The zero-order valence-corrected chi connectivity index (χ0v) is 15.9. The first-order chi connectivity index (χ1) is 14.2. The fourth-order valence-electron chi connectivity index (χ4n) is 2.97. The second kappa shape index (κ2) is 8.35. The molecule has 0 bridgehead atoms. The Bertz CT molecular complexity index is 1110. The molecule has 0 aliphatic carbocycles. The number of anilines is 1. The molecule has 29 heavy (non-hydrogen) atoms. The van der Waals surface area contributed by atoms with Crippen molar-refractivity contribution in [3.8, 4) is 28.3 Å². The Morgan fingerprint density at radius 2 is 1.38 bits per heavy atom. The minimum Gasteiger partial charge on any atom is -0.497 e. The molecule has 0 radical (unpaired) electrons. The molecular weight excluding hydrogens is 362 g/mol. The number of nitrogens with one attached hydrogen (secondary N) is 1. The number of ether oxygens (including phenoxy) is 1. The number of hydrogen-bond donors (Lipinski definition) is 1. The van der Waals surface area contributed by atoms with Gasteiger partial charge in [-0.3, -0.25) is 9.78 Å². The third-order valence-electron chi connectivity index (χ3n) is 4.45. The van der Waals surface area contributed by atoms with Crippen molar-refractivity contribution in [2.75, 3.05) is 12.4 Å². The van der Waals surface area contributed by atoms with E-state index in [0.29, 0.717) is 11.4 Å². The van der Waals surface area contributed by atoms with Crippen molar-refractivity contribution in [1.82, 2.24) is 9.97 Å². The van der Waals surface area contributed by atoms with E-state index in [-0.39, 0.29) is 11.6 Å². The normalized spacial score (nSPS) is 10.4. The number of rotatable bonds is 5. The third-order valence-corrected chi connectivity index (χ3v) is 4.45. The molecule has 1 aromatic heterocycles. The quantitative estimate of drug-likeness (QED) is 0.524. The number of carbonyl (C=O) groups is 1. The summed E-state index contributed by atoms with van der Waals surface area (Å²) in [7, 11) is 1.60. The highest BCUT2D eigenvalue weighted by atomic mass is 16.5. The highest BCUT2D eigenvalue weighted by Crippen LogP contribution is 2.28. The first kappa shape index (κ1) is 18.4.